The molecule has 2 heterocycles. The Morgan fingerprint density at radius 3 is 2.42 bits per heavy atom. The SMILES string of the molecule is Cn1ccc(CNCc2cn(C)nc2C(C)(C)C)n1. The molecule has 0 aromatic carbocycles. The Hall–Kier alpha value is -1.62. The fourth-order valence-corrected chi connectivity index (χ4v) is 2.18. The normalized spacial score (nSPS) is 12.1. The molecule has 19 heavy (non-hydrogen) atoms. The molecule has 0 bridgehead atoms. The first kappa shape index (κ1) is 13.8. The van der Waals surface area contributed by atoms with Gasteiger partial charge in [0.25, 0.3) is 0 Å². The molecule has 5 nitrogen and oxygen atoms in total. The molecule has 0 aliphatic heterocycles. The van der Waals surface area contributed by atoms with Crippen molar-refractivity contribution in [3.63, 3.8) is 0 Å². The van der Waals surface area contributed by atoms with E-state index in [2.05, 4.69) is 42.5 Å². The molecule has 5 heteroatoms. The van der Waals surface area contributed by atoms with Gasteiger partial charge in [0.1, 0.15) is 0 Å². The smallest absolute Gasteiger partial charge is 0.0762 e. The van der Waals surface area contributed by atoms with E-state index in [1.54, 1.807) is 0 Å². The average molecular weight is 261 g/mol. The molecule has 0 amide bonds. The molecule has 0 spiro atoms. The Balaban J connectivity index is 2.00. The van der Waals surface area contributed by atoms with Crippen LogP contribution in [0.3, 0.4) is 0 Å². The number of hydrogen-bond acceptors (Lipinski definition) is 3. The minimum Gasteiger partial charge on any atom is -0.307 e. The lowest BCUT2D eigenvalue weighted by molar-refractivity contribution is 0.543. The number of nitrogens with zero attached hydrogens (tertiary/aromatic N) is 4. The first-order chi connectivity index (χ1) is 8.86. The van der Waals surface area contributed by atoms with E-state index in [-0.39, 0.29) is 5.41 Å². The van der Waals surface area contributed by atoms with E-state index < -0.39 is 0 Å². The Labute approximate surface area is 114 Å². The van der Waals surface area contributed by atoms with Crippen molar-refractivity contribution in [3.05, 3.63) is 35.4 Å². The lowest BCUT2D eigenvalue weighted by atomic mass is 9.89. The number of hydrogen-bond donors (Lipinski definition) is 1. The van der Waals surface area contributed by atoms with Crippen LogP contribution in [-0.4, -0.2) is 19.6 Å². The molecule has 0 radical (unpaired) electrons. The van der Waals surface area contributed by atoms with Gasteiger partial charge in [0, 0.05) is 50.6 Å². The monoisotopic (exact) mass is 261 g/mol. The molecule has 0 unspecified atom stereocenters. The van der Waals surface area contributed by atoms with Gasteiger partial charge in [-0.1, -0.05) is 20.8 Å². The van der Waals surface area contributed by atoms with Crippen molar-refractivity contribution in [3.8, 4) is 0 Å². The summed E-state index contributed by atoms with van der Waals surface area (Å²) in [7, 11) is 3.90. The van der Waals surface area contributed by atoms with Crippen LogP contribution in [0.15, 0.2) is 18.5 Å². The van der Waals surface area contributed by atoms with Crippen LogP contribution in [0.1, 0.15) is 37.7 Å². The maximum Gasteiger partial charge on any atom is 0.0762 e. The van der Waals surface area contributed by atoms with Gasteiger partial charge in [-0.2, -0.15) is 10.2 Å². The molecule has 0 atom stereocenters. The average Bonchev–Trinajstić information content (AvgIpc) is 2.85. The third kappa shape index (κ3) is 3.44. The Morgan fingerprint density at radius 1 is 1.11 bits per heavy atom. The van der Waals surface area contributed by atoms with Crippen LogP contribution in [0.4, 0.5) is 0 Å². The third-order valence-corrected chi connectivity index (χ3v) is 3.01. The van der Waals surface area contributed by atoms with Crippen LogP contribution < -0.4 is 5.32 Å². The van der Waals surface area contributed by atoms with Crippen LogP contribution >= 0.6 is 0 Å². The highest BCUT2D eigenvalue weighted by atomic mass is 15.3. The highest BCUT2D eigenvalue weighted by molar-refractivity contribution is 5.23. The topological polar surface area (TPSA) is 47.7 Å². The summed E-state index contributed by atoms with van der Waals surface area (Å²) in [6.45, 7) is 8.17. The lowest BCUT2D eigenvalue weighted by Gasteiger charge is -2.17. The van der Waals surface area contributed by atoms with Gasteiger partial charge in [0.2, 0.25) is 0 Å². The Kier molecular flexibility index (Phi) is 3.75. The minimum absolute atomic E-state index is 0.0727. The van der Waals surface area contributed by atoms with E-state index in [0.29, 0.717) is 0 Å². The van der Waals surface area contributed by atoms with Crippen LogP contribution in [0.5, 0.6) is 0 Å². The number of rotatable bonds is 4. The molecule has 0 fully saturated rings. The lowest BCUT2D eigenvalue weighted by Crippen LogP contribution is -2.19. The maximum absolute atomic E-state index is 4.57. The van der Waals surface area contributed by atoms with Gasteiger partial charge in [0.05, 0.1) is 11.4 Å². The predicted octanol–water partition coefficient (Wildman–Crippen LogP) is 1.74. The van der Waals surface area contributed by atoms with Crippen LogP contribution in [0.25, 0.3) is 0 Å². The van der Waals surface area contributed by atoms with E-state index in [4.69, 9.17) is 0 Å². The molecule has 2 aromatic rings. The summed E-state index contributed by atoms with van der Waals surface area (Å²) in [5.74, 6) is 0. The first-order valence-electron chi connectivity index (χ1n) is 6.58. The second-order valence-electron chi connectivity index (χ2n) is 6.01. The van der Waals surface area contributed by atoms with Gasteiger partial charge < -0.3 is 5.32 Å². The molecule has 0 aliphatic rings. The maximum atomic E-state index is 4.57. The van der Waals surface area contributed by atoms with Gasteiger partial charge in [0.15, 0.2) is 0 Å². The zero-order valence-electron chi connectivity index (χ0n) is 12.4. The zero-order valence-corrected chi connectivity index (χ0v) is 12.4. The highest BCUT2D eigenvalue weighted by Gasteiger charge is 2.21. The highest BCUT2D eigenvalue weighted by Crippen LogP contribution is 2.23. The number of aromatic nitrogens is 4. The molecule has 104 valence electrons. The predicted molar refractivity (Wildman–Crippen MR) is 75.7 cm³/mol. The summed E-state index contributed by atoms with van der Waals surface area (Å²) in [4.78, 5) is 0. The number of aryl methyl sites for hydroxylation is 2. The molecule has 1 N–H and O–H groups in total. The van der Waals surface area contributed by atoms with Crippen LogP contribution in [-0.2, 0) is 32.6 Å². The fraction of sp³-hybridized carbons (Fsp3) is 0.571. The number of nitrogens with one attached hydrogen (secondary N) is 1. The molecular weight excluding hydrogens is 238 g/mol. The third-order valence-electron chi connectivity index (χ3n) is 3.01. The van der Waals surface area contributed by atoms with Gasteiger partial charge in [-0.15, -0.1) is 0 Å². The molecule has 0 aliphatic carbocycles. The second kappa shape index (κ2) is 5.17. The van der Waals surface area contributed by atoms with Crippen molar-refractivity contribution in [2.75, 3.05) is 0 Å². The van der Waals surface area contributed by atoms with E-state index >= 15 is 0 Å². The summed E-state index contributed by atoms with van der Waals surface area (Å²) in [6, 6.07) is 2.03. The quantitative estimate of drug-likeness (QED) is 0.912. The summed E-state index contributed by atoms with van der Waals surface area (Å²) in [6.07, 6.45) is 4.05. The summed E-state index contributed by atoms with van der Waals surface area (Å²) in [5, 5.41) is 12.3. The van der Waals surface area contributed by atoms with E-state index in [1.165, 1.54) is 5.56 Å². The Bertz CT molecular complexity index is 544. The Morgan fingerprint density at radius 2 is 1.84 bits per heavy atom. The van der Waals surface area contributed by atoms with Crippen molar-refractivity contribution in [2.24, 2.45) is 14.1 Å². The standard InChI is InChI=1S/C14H23N5/c1-14(2,3)13-11(10-19(5)17-13)8-15-9-12-6-7-18(4)16-12/h6-7,10,15H,8-9H2,1-5H3. The minimum atomic E-state index is 0.0727. The van der Waals surface area contributed by atoms with E-state index in [0.717, 1.165) is 24.5 Å². The summed E-state index contributed by atoms with van der Waals surface area (Å²) >= 11 is 0. The summed E-state index contributed by atoms with van der Waals surface area (Å²) < 4.78 is 3.71. The van der Waals surface area contributed by atoms with Crippen molar-refractivity contribution in [1.29, 1.82) is 0 Å². The van der Waals surface area contributed by atoms with Gasteiger partial charge in [-0.3, -0.25) is 9.36 Å². The molecular formula is C14H23N5. The van der Waals surface area contributed by atoms with Crippen LogP contribution in [0, 0.1) is 0 Å². The van der Waals surface area contributed by atoms with Gasteiger partial charge in [-0.05, 0) is 6.07 Å². The van der Waals surface area contributed by atoms with Crippen molar-refractivity contribution in [1.82, 2.24) is 24.9 Å². The van der Waals surface area contributed by atoms with Crippen molar-refractivity contribution < 1.29 is 0 Å². The van der Waals surface area contributed by atoms with Gasteiger partial charge in [-0.25, -0.2) is 0 Å². The van der Waals surface area contributed by atoms with E-state index in [1.807, 2.05) is 35.7 Å². The van der Waals surface area contributed by atoms with E-state index in [9.17, 15) is 0 Å². The van der Waals surface area contributed by atoms with Crippen molar-refractivity contribution in [2.45, 2.75) is 39.3 Å². The van der Waals surface area contributed by atoms with Crippen LogP contribution in [0.2, 0.25) is 0 Å². The molecule has 0 saturated carbocycles. The summed E-state index contributed by atoms with van der Waals surface area (Å²) in [5.41, 5.74) is 3.54. The molecule has 2 aromatic heterocycles. The molecule has 2 rings (SSSR count). The second-order valence-corrected chi connectivity index (χ2v) is 6.01. The fourth-order valence-electron chi connectivity index (χ4n) is 2.18. The van der Waals surface area contributed by atoms with Crippen molar-refractivity contribution >= 4 is 0 Å². The largest absolute Gasteiger partial charge is 0.307 e. The van der Waals surface area contributed by atoms with Gasteiger partial charge >= 0.3 is 0 Å². The first-order valence-corrected chi connectivity index (χ1v) is 6.58. The molecule has 0 saturated heterocycles. The zero-order chi connectivity index (χ0) is 14.0.